The van der Waals surface area contributed by atoms with Crippen molar-refractivity contribution in [1.82, 2.24) is 40.0 Å². The van der Waals surface area contributed by atoms with Gasteiger partial charge in [-0.3, -0.25) is 19.7 Å². The third kappa shape index (κ3) is 3.60. The van der Waals surface area contributed by atoms with Crippen LogP contribution in [0.4, 0.5) is 13.2 Å². The van der Waals surface area contributed by atoms with Crippen LogP contribution in [0.15, 0.2) is 24.4 Å². The van der Waals surface area contributed by atoms with Crippen LogP contribution < -0.4 is 5.32 Å². The predicted molar refractivity (Wildman–Crippen MR) is 107 cm³/mol. The zero-order valence-electron chi connectivity index (χ0n) is 17.7. The van der Waals surface area contributed by atoms with Crippen molar-refractivity contribution in [3.8, 4) is 11.3 Å². The Morgan fingerprint density at radius 3 is 2.59 bits per heavy atom. The first-order valence-corrected chi connectivity index (χ1v) is 10.3. The molecule has 1 fully saturated rings. The molecule has 1 aromatic carbocycles. The number of hydrogen-bond donors (Lipinski definition) is 1. The fourth-order valence-electron chi connectivity index (χ4n) is 4.22. The van der Waals surface area contributed by atoms with Crippen LogP contribution in [0.1, 0.15) is 40.4 Å². The molecule has 0 bridgehead atoms. The van der Waals surface area contributed by atoms with Gasteiger partial charge in [-0.2, -0.15) is 13.2 Å². The predicted octanol–water partition coefficient (Wildman–Crippen LogP) is 0.902. The molecule has 14 heteroatoms. The van der Waals surface area contributed by atoms with E-state index >= 15 is 0 Å². The smallest absolute Gasteiger partial charge is 0.322 e. The summed E-state index contributed by atoms with van der Waals surface area (Å²) in [5.41, 5.74) is 2.09. The van der Waals surface area contributed by atoms with E-state index in [1.54, 1.807) is 18.2 Å². The Morgan fingerprint density at radius 1 is 1.12 bits per heavy atom. The molecule has 1 unspecified atom stereocenters. The molecule has 0 saturated carbocycles. The first-order chi connectivity index (χ1) is 16.1. The maximum atomic E-state index is 13.0. The summed E-state index contributed by atoms with van der Waals surface area (Å²) < 4.78 is 41.1. The average molecular weight is 474 g/mol. The normalized spacial score (nSPS) is 18.4. The molecule has 4 heterocycles. The summed E-state index contributed by atoms with van der Waals surface area (Å²) in [4.78, 5) is 38.1. The van der Waals surface area contributed by atoms with Crippen LogP contribution in [0.3, 0.4) is 0 Å². The number of nitrogens with one attached hydrogen (secondary N) is 1. The standard InChI is InChI=1S/C20H17F3N8O3/c1-29-15(26-27-19(29)20(21,22)23)9-30-8-13(25-28-30)10-3-2-4-11-12(10)7-31(18(11)34)14-5-6-16(32)24-17(14)33/h2-4,8,14H,5-7,9H2,1H3,(H,24,32,33). The molecular weight excluding hydrogens is 457 g/mol. The van der Waals surface area contributed by atoms with Crippen LogP contribution in [-0.2, 0) is 35.9 Å². The topological polar surface area (TPSA) is 128 Å². The lowest BCUT2D eigenvalue weighted by Gasteiger charge is -2.29. The van der Waals surface area contributed by atoms with E-state index in [4.69, 9.17) is 0 Å². The second kappa shape index (κ2) is 7.74. The Kier molecular flexibility index (Phi) is 4.95. The van der Waals surface area contributed by atoms with Gasteiger partial charge in [-0.1, -0.05) is 17.3 Å². The van der Waals surface area contributed by atoms with Gasteiger partial charge in [0, 0.05) is 31.1 Å². The quantitative estimate of drug-likeness (QED) is 0.557. The number of rotatable bonds is 4. The first kappa shape index (κ1) is 21.7. The lowest BCUT2D eigenvalue weighted by atomic mass is 10.0. The zero-order chi connectivity index (χ0) is 24.2. The molecule has 3 aromatic rings. The van der Waals surface area contributed by atoms with E-state index in [0.29, 0.717) is 22.4 Å². The summed E-state index contributed by atoms with van der Waals surface area (Å²) in [6.45, 7) is 0.0602. The van der Waals surface area contributed by atoms with Gasteiger partial charge in [0.25, 0.3) is 5.91 Å². The first-order valence-electron chi connectivity index (χ1n) is 10.3. The number of amides is 3. The highest BCUT2D eigenvalue weighted by Crippen LogP contribution is 2.34. The number of carbonyl (C=O) groups excluding carboxylic acids is 3. The third-order valence-corrected chi connectivity index (χ3v) is 5.92. The highest BCUT2D eigenvalue weighted by Gasteiger charge is 2.40. The Balaban J connectivity index is 1.40. The number of hydrogen-bond acceptors (Lipinski definition) is 7. The molecule has 3 amide bonds. The summed E-state index contributed by atoms with van der Waals surface area (Å²) in [5.74, 6) is -2.27. The molecule has 1 atom stereocenters. The lowest BCUT2D eigenvalue weighted by molar-refractivity contribution is -0.147. The second-order valence-corrected chi connectivity index (χ2v) is 8.03. The van der Waals surface area contributed by atoms with Crippen molar-refractivity contribution < 1.29 is 27.6 Å². The average Bonchev–Trinajstić information content (AvgIpc) is 3.47. The molecule has 11 nitrogen and oxygen atoms in total. The Hall–Kier alpha value is -4.10. The van der Waals surface area contributed by atoms with Gasteiger partial charge in [-0.15, -0.1) is 15.3 Å². The van der Waals surface area contributed by atoms with Gasteiger partial charge < -0.3 is 9.47 Å². The van der Waals surface area contributed by atoms with Crippen LogP contribution in [0.5, 0.6) is 0 Å². The minimum Gasteiger partial charge on any atom is -0.322 e. The van der Waals surface area contributed by atoms with Crippen molar-refractivity contribution in [2.45, 2.75) is 38.1 Å². The van der Waals surface area contributed by atoms with E-state index in [1.807, 2.05) is 0 Å². The van der Waals surface area contributed by atoms with Crippen molar-refractivity contribution in [2.75, 3.05) is 0 Å². The molecule has 176 valence electrons. The summed E-state index contributed by atoms with van der Waals surface area (Å²) in [6.07, 6.45) is -2.70. The third-order valence-electron chi connectivity index (χ3n) is 5.92. The Bertz CT molecular complexity index is 1330. The molecular formula is C20H17F3N8O3. The van der Waals surface area contributed by atoms with Gasteiger partial charge in [0.05, 0.1) is 6.20 Å². The molecule has 0 radical (unpaired) electrons. The summed E-state index contributed by atoms with van der Waals surface area (Å²) in [5, 5.41) is 17.1. The molecule has 1 N–H and O–H groups in total. The van der Waals surface area contributed by atoms with Crippen molar-refractivity contribution in [2.24, 2.45) is 7.05 Å². The van der Waals surface area contributed by atoms with Crippen molar-refractivity contribution in [3.05, 3.63) is 47.2 Å². The van der Waals surface area contributed by atoms with Crippen LogP contribution >= 0.6 is 0 Å². The number of halogens is 3. The SMILES string of the molecule is Cn1c(Cn2cc(-c3cccc4c3CN(C3CCC(=O)NC3=O)C4=O)nn2)nnc1C(F)(F)F. The van der Waals surface area contributed by atoms with Gasteiger partial charge in [0.1, 0.15) is 18.3 Å². The minimum atomic E-state index is -4.63. The van der Waals surface area contributed by atoms with E-state index in [-0.39, 0.29) is 43.6 Å². The number of fused-ring (bicyclic) bond motifs is 1. The Morgan fingerprint density at radius 2 is 1.88 bits per heavy atom. The van der Waals surface area contributed by atoms with Crippen LogP contribution in [0.2, 0.25) is 0 Å². The summed E-state index contributed by atoms with van der Waals surface area (Å²) in [7, 11) is 1.22. The van der Waals surface area contributed by atoms with Gasteiger partial charge in [0.15, 0.2) is 5.82 Å². The van der Waals surface area contributed by atoms with E-state index in [1.165, 1.54) is 22.8 Å². The molecule has 2 aromatic heterocycles. The fourth-order valence-corrected chi connectivity index (χ4v) is 4.22. The lowest BCUT2D eigenvalue weighted by Crippen LogP contribution is -2.52. The largest absolute Gasteiger partial charge is 0.451 e. The molecule has 34 heavy (non-hydrogen) atoms. The number of piperidine rings is 1. The highest BCUT2D eigenvalue weighted by molar-refractivity contribution is 6.06. The number of alkyl halides is 3. The molecule has 2 aliphatic heterocycles. The second-order valence-electron chi connectivity index (χ2n) is 8.03. The molecule has 5 rings (SSSR count). The zero-order valence-corrected chi connectivity index (χ0v) is 17.7. The van der Waals surface area contributed by atoms with E-state index < -0.39 is 23.9 Å². The number of aromatic nitrogens is 6. The fraction of sp³-hybridized carbons (Fsp3) is 0.350. The van der Waals surface area contributed by atoms with Crippen LogP contribution in [-0.4, -0.2) is 58.4 Å². The van der Waals surface area contributed by atoms with E-state index in [9.17, 15) is 27.6 Å². The van der Waals surface area contributed by atoms with Crippen molar-refractivity contribution in [3.63, 3.8) is 0 Å². The summed E-state index contributed by atoms with van der Waals surface area (Å²) in [6, 6.07) is 4.32. The monoisotopic (exact) mass is 474 g/mol. The Labute approximate surface area is 189 Å². The van der Waals surface area contributed by atoms with Gasteiger partial charge >= 0.3 is 6.18 Å². The summed E-state index contributed by atoms with van der Waals surface area (Å²) >= 11 is 0. The number of benzene rings is 1. The molecule has 2 aliphatic rings. The van der Waals surface area contributed by atoms with E-state index in [2.05, 4.69) is 25.8 Å². The maximum Gasteiger partial charge on any atom is 0.451 e. The van der Waals surface area contributed by atoms with Crippen molar-refractivity contribution in [1.29, 1.82) is 0 Å². The molecule has 0 spiro atoms. The van der Waals surface area contributed by atoms with Crippen LogP contribution in [0, 0.1) is 0 Å². The maximum absolute atomic E-state index is 13.0. The number of carbonyl (C=O) groups is 3. The number of nitrogens with zero attached hydrogens (tertiary/aromatic N) is 7. The molecule has 1 saturated heterocycles. The highest BCUT2D eigenvalue weighted by atomic mass is 19.4. The van der Waals surface area contributed by atoms with Gasteiger partial charge in [-0.25, -0.2) is 4.68 Å². The van der Waals surface area contributed by atoms with Crippen molar-refractivity contribution >= 4 is 17.7 Å². The van der Waals surface area contributed by atoms with E-state index in [0.717, 1.165) is 4.57 Å². The molecule has 0 aliphatic carbocycles. The van der Waals surface area contributed by atoms with Crippen LogP contribution in [0.25, 0.3) is 11.3 Å². The van der Waals surface area contributed by atoms with Gasteiger partial charge in [-0.05, 0) is 18.1 Å². The van der Waals surface area contributed by atoms with Gasteiger partial charge in [0.2, 0.25) is 17.6 Å². The minimum absolute atomic E-state index is 0.0428. The number of imide groups is 1.